The average Bonchev–Trinajstić information content (AvgIpc) is 2.65. The molecule has 0 aliphatic rings. The van der Waals surface area contributed by atoms with Gasteiger partial charge in [0.2, 0.25) is 5.82 Å². The number of anilines is 1. The van der Waals surface area contributed by atoms with Gasteiger partial charge in [0.1, 0.15) is 6.20 Å². The first kappa shape index (κ1) is 13.4. The largest absolute Gasteiger partial charge is 0.383 e. The van der Waals surface area contributed by atoms with Crippen molar-refractivity contribution >= 4 is 11.5 Å². The summed E-state index contributed by atoms with van der Waals surface area (Å²) in [7, 11) is 3.28. The highest BCUT2D eigenvalue weighted by molar-refractivity contribution is 5.54. The summed E-state index contributed by atoms with van der Waals surface area (Å²) in [5.41, 5.74) is -0.00982. The van der Waals surface area contributed by atoms with Crippen LogP contribution in [0.2, 0.25) is 0 Å². The van der Waals surface area contributed by atoms with Crippen molar-refractivity contribution < 1.29 is 9.66 Å². The molecule has 0 bridgehead atoms. The summed E-state index contributed by atoms with van der Waals surface area (Å²) < 4.78 is 6.29. The molecule has 0 aliphatic carbocycles. The summed E-state index contributed by atoms with van der Waals surface area (Å²) in [6.45, 7) is 2.66. The first-order chi connectivity index (χ1) is 8.15. The molecule has 0 saturated carbocycles. The van der Waals surface area contributed by atoms with Crippen molar-refractivity contribution in [2.45, 2.75) is 0 Å². The predicted molar refractivity (Wildman–Crippen MR) is 63.1 cm³/mol. The first-order valence-corrected chi connectivity index (χ1v) is 5.26. The Labute approximate surface area is 99.1 Å². The molecule has 1 rings (SSSR count). The lowest BCUT2D eigenvalue weighted by molar-refractivity contribution is -0.384. The molecule has 96 valence electrons. The fourth-order valence-corrected chi connectivity index (χ4v) is 1.30. The molecule has 8 heteroatoms. The Kier molecular flexibility index (Phi) is 5.37. The van der Waals surface area contributed by atoms with Gasteiger partial charge in [-0.25, -0.2) is 0 Å². The van der Waals surface area contributed by atoms with Crippen LogP contribution >= 0.6 is 0 Å². The van der Waals surface area contributed by atoms with E-state index in [1.807, 2.05) is 0 Å². The quantitative estimate of drug-likeness (QED) is 0.378. The van der Waals surface area contributed by atoms with E-state index in [0.717, 1.165) is 6.54 Å². The molecule has 0 unspecified atom stereocenters. The van der Waals surface area contributed by atoms with Crippen LogP contribution < -0.4 is 10.6 Å². The number of hydrogen-bond acceptors (Lipinski definition) is 6. The molecule has 1 heterocycles. The lowest BCUT2D eigenvalue weighted by atomic mass is 10.5. The molecule has 1 aromatic heterocycles. The first-order valence-electron chi connectivity index (χ1n) is 5.26. The zero-order valence-corrected chi connectivity index (χ0v) is 9.97. The van der Waals surface area contributed by atoms with Crippen LogP contribution in [-0.2, 0) is 11.8 Å². The van der Waals surface area contributed by atoms with E-state index in [4.69, 9.17) is 4.74 Å². The maximum Gasteiger partial charge on any atom is 0.330 e. The maximum atomic E-state index is 10.7. The maximum absolute atomic E-state index is 10.7. The Morgan fingerprint density at radius 2 is 2.29 bits per heavy atom. The number of rotatable bonds is 8. The Morgan fingerprint density at radius 1 is 1.53 bits per heavy atom. The molecule has 0 atom stereocenters. The van der Waals surface area contributed by atoms with Crippen molar-refractivity contribution in [3.63, 3.8) is 0 Å². The summed E-state index contributed by atoms with van der Waals surface area (Å²) in [5.74, 6) is 0.297. The van der Waals surface area contributed by atoms with Gasteiger partial charge in [0.25, 0.3) is 0 Å². The summed E-state index contributed by atoms with van der Waals surface area (Å²) in [6.07, 6.45) is 1.38. The van der Waals surface area contributed by atoms with Gasteiger partial charge in [-0.15, -0.1) is 5.10 Å². The summed E-state index contributed by atoms with van der Waals surface area (Å²) in [4.78, 5) is 10.2. The fourth-order valence-electron chi connectivity index (χ4n) is 1.30. The minimum Gasteiger partial charge on any atom is -0.383 e. The molecular weight excluding hydrogens is 226 g/mol. The van der Waals surface area contributed by atoms with E-state index in [1.165, 1.54) is 10.9 Å². The van der Waals surface area contributed by atoms with Gasteiger partial charge in [-0.2, -0.15) is 0 Å². The smallest absolute Gasteiger partial charge is 0.330 e. The lowest BCUT2D eigenvalue weighted by Gasteiger charge is -2.04. The number of aromatic nitrogens is 2. The van der Waals surface area contributed by atoms with Crippen LogP contribution in [0.4, 0.5) is 11.5 Å². The topological polar surface area (TPSA) is 94.2 Å². The molecule has 1 aromatic rings. The van der Waals surface area contributed by atoms with E-state index in [9.17, 15) is 10.1 Å². The minimum absolute atomic E-state index is 0.00982. The molecule has 17 heavy (non-hydrogen) atoms. The van der Waals surface area contributed by atoms with E-state index in [2.05, 4.69) is 15.7 Å². The van der Waals surface area contributed by atoms with Crippen molar-refractivity contribution in [1.29, 1.82) is 0 Å². The average molecular weight is 243 g/mol. The molecule has 0 aromatic carbocycles. The molecule has 0 amide bonds. The lowest BCUT2D eigenvalue weighted by Crippen LogP contribution is -2.25. The number of nitrogens with zero attached hydrogens (tertiary/aromatic N) is 3. The highest BCUT2D eigenvalue weighted by Crippen LogP contribution is 2.20. The minimum atomic E-state index is -0.451. The van der Waals surface area contributed by atoms with Crippen LogP contribution in [0.25, 0.3) is 0 Å². The second-order valence-electron chi connectivity index (χ2n) is 3.46. The van der Waals surface area contributed by atoms with Gasteiger partial charge in [-0.05, 0) is 0 Å². The van der Waals surface area contributed by atoms with Crippen molar-refractivity contribution in [2.24, 2.45) is 7.05 Å². The monoisotopic (exact) mass is 243 g/mol. The molecule has 8 nitrogen and oxygen atoms in total. The summed E-state index contributed by atoms with van der Waals surface area (Å²) in [6, 6.07) is 0. The van der Waals surface area contributed by atoms with Gasteiger partial charge < -0.3 is 15.4 Å². The standard InChI is InChI=1S/C9H17N5O3/c1-13-7-8(14(15)16)9(12-13)11-4-3-10-5-6-17-2/h7,10H,3-6H2,1-2H3,(H,11,12). The Balaban J connectivity index is 2.33. The van der Waals surface area contributed by atoms with Gasteiger partial charge in [0, 0.05) is 33.8 Å². The molecule has 2 N–H and O–H groups in total. The van der Waals surface area contributed by atoms with E-state index >= 15 is 0 Å². The molecule has 0 radical (unpaired) electrons. The zero-order chi connectivity index (χ0) is 12.7. The third-order valence-electron chi connectivity index (χ3n) is 2.08. The van der Waals surface area contributed by atoms with Gasteiger partial charge in [-0.1, -0.05) is 0 Å². The predicted octanol–water partition coefficient (Wildman–Crippen LogP) is -0.0238. The molecule has 0 spiro atoms. The van der Waals surface area contributed by atoms with Crippen LogP contribution in [-0.4, -0.2) is 48.1 Å². The number of nitro groups is 1. The second-order valence-corrected chi connectivity index (χ2v) is 3.46. The molecule has 0 fully saturated rings. The molecule has 0 aliphatic heterocycles. The zero-order valence-electron chi connectivity index (χ0n) is 9.97. The number of nitrogens with one attached hydrogen (secondary N) is 2. The van der Waals surface area contributed by atoms with Crippen molar-refractivity contribution in [3.8, 4) is 0 Å². The number of ether oxygens (including phenoxy) is 1. The van der Waals surface area contributed by atoms with Crippen LogP contribution in [0, 0.1) is 10.1 Å². The van der Waals surface area contributed by atoms with Crippen LogP contribution in [0.1, 0.15) is 0 Å². The third kappa shape index (κ3) is 4.37. The Bertz CT molecular complexity index is 366. The highest BCUT2D eigenvalue weighted by atomic mass is 16.6. The summed E-state index contributed by atoms with van der Waals surface area (Å²) >= 11 is 0. The van der Waals surface area contributed by atoms with Gasteiger partial charge in [0.05, 0.1) is 11.5 Å². The van der Waals surface area contributed by atoms with Gasteiger partial charge in [0.15, 0.2) is 0 Å². The molecular formula is C9H17N5O3. The number of aryl methyl sites for hydroxylation is 1. The Morgan fingerprint density at radius 3 is 2.94 bits per heavy atom. The van der Waals surface area contributed by atoms with Crippen molar-refractivity contribution in [1.82, 2.24) is 15.1 Å². The number of methoxy groups -OCH3 is 1. The van der Waals surface area contributed by atoms with E-state index in [1.54, 1.807) is 14.2 Å². The Hall–Kier alpha value is -1.67. The highest BCUT2D eigenvalue weighted by Gasteiger charge is 2.17. The van der Waals surface area contributed by atoms with E-state index in [-0.39, 0.29) is 5.69 Å². The van der Waals surface area contributed by atoms with Gasteiger partial charge in [-0.3, -0.25) is 14.8 Å². The fraction of sp³-hybridized carbons (Fsp3) is 0.667. The summed E-state index contributed by atoms with van der Waals surface area (Å²) in [5, 5.41) is 20.7. The normalized spacial score (nSPS) is 10.5. The second kappa shape index (κ2) is 6.81. The van der Waals surface area contributed by atoms with E-state index in [0.29, 0.717) is 25.5 Å². The molecule has 0 saturated heterocycles. The van der Waals surface area contributed by atoms with Gasteiger partial charge >= 0.3 is 5.69 Å². The van der Waals surface area contributed by atoms with Crippen LogP contribution in [0.5, 0.6) is 0 Å². The van der Waals surface area contributed by atoms with Crippen LogP contribution in [0.15, 0.2) is 6.20 Å². The van der Waals surface area contributed by atoms with E-state index < -0.39 is 4.92 Å². The SMILES string of the molecule is COCCNCCNc1nn(C)cc1[N+](=O)[O-]. The van der Waals surface area contributed by atoms with Crippen LogP contribution in [0.3, 0.4) is 0 Å². The van der Waals surface area contributed by atoms with Crippen molar-refractivity contribution in [3.05, 3.63) is 16.3 Å². The number of hydrogen-bond donors (Lipinski definition) is 2. The van der Waals surface area contributed by atoms with Crippen molar-refractivity contribution in [2.75, 3.05) is 38.7 Å². The third-order valence-corrected chi connectivity index (χ3v) is 2.08.